The highest BCUT2D eigenvalue weighted by atomic mass is 16.4. The molecule has 0 fully saturated rings. The highest BCUT2D eigenvalue weighted by Crippen LogP contribution is 2.15. The van der Waals surface area contributed by atoms with E-state index in [1.165, 1.54) is 0 Å². The van der Waals surface area contributed by atoms with Gasteiger partial charge in [-0.2, -0.15) is 5.10 Å². The molecule has 1 aromatic heterocycles. The minimum Gasteiger partial charge on any atom is -0.480 e. The van der Waals surface area contributed by atoms with Gasteiger partial charge in [0.2, 0.25) is 0 Å². The van der Waals surface area contributed by atoms with Gasteiger partial charge < -0.3 is 5.11 Å². The zero-order chi connectivity index (χ0) is 13.5. The first-order valence-corrected chi connectivity index (χ1v) is 6.58. The van der Waals surface area contributed by atoms with Crippen molar-refractivity contribution in [3.05, 3.63) is 18.0 Å². The Morgan fingerprint density at radius 2 is 2.11 bits per heavy atom. The summed E-state index contributed by atoms with van der Waals surface area (Å²) >= 11 is 0. The van der Waals surface area contributed by atoms with E-state index in [9.17, 15) is 4.79 Å². The van der Waals surface area contributed by atoms with Gasteiger partial charge in [0.15, 0.2) is 0 Å². The largest absolute Gasteiger partial charge is 0.480 e. The number of rotatable bonds is 8. The lowest BCUT2D eigenvalue weighted by Crippen LogP contribution is -2.29. The Kier molecular flexibility index (Phi) is 5.85. The van der Waals surface area contributed by atoms with Crippen LogP contribution in [0.4, 0.5) is 0 Å². The normalized spacial score (nSPS) is 11.4. The second-order valence-corrected chi connectivity index (χ2v) is 4.45. The molecule has 1 heterocycles. The lowest BCUT2D eigenvalue weighted by atomic mass is 10.2. The predicted octanol–water partition coefficient (Wildman–Crippen LogP) is 2.15. The molecule has 0 aliphatic heterocycles. The van der Waals surface area contributed by atoms with Crippen molar-refractivity contribution < 1.29 is 9.90 Å². The van der Waals surface area contributed by atoms with Crippen LogP contribution in [0.15, 0.2) is 12.3 Å². The Labute approximate surface area is 108 Å². The molecule has 1 rings (SSSR count). The van der Waals surface area contributed by atoms with Gasteiger partial charge in [-0.15, -0.1) is 0 Å². The number of carboxylic acid groups (broad SMARTS) is 1. The maximum Gasteiger partial charge on any atom is 0.317 e. The van der Waals surface area contributed by atoms with Gasteiger partial charge in [0.25, 0.3) is 0 Å². The number of nitrogens with zero attached hydrogens (tertiary/aromatic N) is 3. The van der Waals surface area contributed by atoms with Crippen molar-refractivity contribution in [2.24, 2.45) is 0 Å². The van der Waals surface area contributed by atoms with Gasteiger partial charge in [-0.25, -0.2) is 0 Å². The van der Waals surface area contributed by atoms with E-state index in [0.717, 1.165) is 18.5 Å². The predicted molar refractivity (Wildman–Crippen MR) is 70.4 cm³/mol. The molecule has 0 radical (unpaired) electrons. The number of carboxylic acids is 1. The molecule has 0 bridgehead atoms. The van der Waals surface area contributed by atoms with Crippen LogP contribution in [-0.2, 0) is 11.3 Å². The molecule has 0 saturated carbocycles. The Bertz CT molecular complexity index is 372. The summed E-state index contributed by atoms with van der Waals surface area (Å²) in [7, 11) is 0. The van der Waals surface area contributed by atoms with Crippen molar-refractivity contribution in [3.8, 4) is 0 Å². The Balaban J connectivity index is 2.64. The minimum atomic E-state index is -0.795. The maximum atomic E-state index is 10.7. The molecule has 0 aliphatic carbocycles. The van der Waals surface area contributed by atoms with Crippen LogP contribution in [0.3, 0.4) is 0 Å². The van der Waals surface area contributed by atoms with Crippen molar-refractivity contribution >= 4 is 5.97 Å². The van der Waals surface area contributed by atoms with Crippen molar-refractivity contribution in [2.75, 3.05) is 13.1 Å². The summed E-state index contributed by atoms with van der Waals surface area (Å²) in [5.74, 6) is -0.795. The van der Waals surface area contributed by atoms with E-state index < -0.39 is 5.97 Å². The maximum absolute atomic E-state index is 10.7. The molecule has 18 heavy (non-hydrogen) atoms. The molecule has 1 aromatic rings. The van der Waals surface area contributed by atoms with Gasteiger partial charge in [-0.3, -0.25) is 14.4 Å². The number of hydrogen-bond donors (Lipinski definition) is 1. The van der Waals surface area contributed by atoms with E-state index in [1.807, 2.05) is 28.8 Å². The molecule has 0 amide bonds. The Morgan fingerprint density at radius 1 is 1.44 bits per heavy atom. The fourth-order valence-corrected chi connectivity index (χ4v) is 2.03. The molecular formula is C13H23N3O2. The lowest BCUT2D eigenvalue weighted by Gasteiger charge is -2.16. The summed E-state index contributed by atoms with van der Waals surface area (Å²) in [5, 5.41) is 13.3. The fraction of sp³-hybridized carbons (Fsp3) is 0.692. The van der Waals surface area contributed by atoms with Crippen LogP contribution >= 0.6 is 0 Å². The topological polar surface area (TPSA) is 58.4 Å². The molecule has 0 spiro atoms. The molecular weight excluding hydrogens is 230 g/mol. The molecule has 102 valence electrons. The second kappa shape index (κ2) is 7.16. The average molecular weight is 253 g/mol. The van der Waals surface area contributed by atoms with E-state index in [0.29, 0.717) is 19.1 Å². The van der Waals surface area contributed by atoms with E-state index in [1.54, 1.807) is 0 Å². The molecule has 0 saturated heterocycles. The van der Waals surface area contributed by atoms with Crippen LogP contribution < -0.4 is 0 Å². The lowest BCUT2D eigenvalue weighted by molar-refractivity contribution is -0.138. The number of carbonyl (C=O) groups is 1. The van der Waals surface area contributed by atoms with Gasteiger partial charge >= 0.3 is 5.97 Å². The summed E-state index contributed by atoms with van der Waals surface area (Å²) in [5.41, 5.74) is 0.935. The first-order chi connectivity index (χ1) is 8.60. The van der Waals surface area contributed by atoms with Crippen LogP contribution in [0.2, 0.25) is 0 Å². The van der Waals surface area contributed by atoms with Crippen LogP contribution in [0, 0.1) is 0 Å². The highest BCUT2D eigenvalue weighted by Gasteiger charge is 2.12. The summed E-state index contributed by atoms with van der Waals surface area (Å²) in [6.07, 6.45) is 4.11. The summed E-state index contributed by atoms with van der Waals surface area (Å²) in [4.78, 5) is 12.6. The molecule has 0 aliphatic rings. The quantitative estimate of drug-likeness (QED) is 0.771. The second-order valence-electron chi connectivity index (χ2n) is 4.45. The molecule has 0 unspecified atom stereocenters. The van der Waals surface area contributed by atoms with Crippen molar-refractivity contribution in [1.82, 2.24) is 14.7 Å². The van der Waals surface area contributed by atoms with E-state index in [-0.39, 0.29) is 6.54 Å². The van der Waals surface area contributed by atoms with Crippen molar-refractivity contribution in [3.63, 3.8) is 0 Å². The number of hydrogen-bond acceptors (Lipinski definition) is 3. The number of aliphatic carboxylic acids is 1. The summed E-state index contributed by atoms with van der Waals surface area (Å²) < 4.78 is 1.99. The third-order valence-corrected chi connectivity index (χ3v) is 3.17. The monoisotopic (exact) mass is 253 g/mol. The van der Waals surface area contributed by atoms with Crippen LogP contribution in [0.5, 0.6) is 0 Å². The number of likely N-dealkylation sites (N-methyl/N-ethyl adjacent to an activating group) is 1. The smallest absolute Gasteiger partial charge is 0.317 e. The van der Waals surface area contributed by atoms with Crippen molar-refractivity contribution in [2.45, 2.75) is 46.2 Å². The number of aromatic nitrogens is 2. The Morgan fingerprint density at radius 3 is 2.61 bits per heavy atom. The first kappa shape index (κ1) is 14.7. The van der Waals surface area contributed by atoms with Crippen LogP contribution in [-0.4, -0.2) is 38.8 Å². The molecule has 5 nitrogen and oxygen atoms in total. The third kappa shape index (κ3) is 4.14. The van der Waals surface area contributed by atoms with Gasteiger partial charge in [0, 0.05) is 12.7 Å². The van der Waals surface area contributed by atoms with E-state index in [2.05, 4.69) is 18.9 Å². The molecule has 5 heteroatoms. The van der Waals surface area contributed by atoms with Gasteiger partial charge in [0.1, 0.15) is 0 Å². The first-order valence-electron chi connectivity index (χ1n) is 6.58. The molecule has 1 N–H and O–H groups in total. The highest BCUT2D eigenvalue weighted by molar-refractivity contribution is 5.69. The van der Waals surface area contributed by atoms with E-state index in [4.69, 9.17) is 5.11 Å². The van der Waals surface area contributed by atoms with Gasteiger partial charge in [0.05, 0.1) is 18.3 Å². The fourth-order valence-electron chi connectivity index (χ4n) is 2.03. The SMILES string of the molecule is CCC(CC)n1ccc(CN(CC)CC(=O)O)n1. The third-order valence-electron chi connectivity index (χ3n) is 3.17. The van der Waals surface area contributed by atoms with Crippen LogP contribution in [0.25, 0.3) is 0 Å². The minimum absolute atomic E-state index is 0.0638. The molecule has 0 aromatic carbocycles. The zero-order valence-electron chi connectivity index (χ0n) is 11.5. The summed E-state index contributed by atoms with van der Waals surface area (Å²) in [6, 6.07) is 2.41. The van der Waals surface area contributed by atoms with Gasteiger partial charge in [-0.05, 0) is 25.5 Å². The molecule has 0 atom stereocenters. The van der Waals surface area contributed by atoms with E-state index >= 15 is 0 Å². The summed E-state index contributed by atoms with van der Waals surface area (Å²) in [6.45, 7) is 7.63. The van der Waals surface area contributed by atoms with Gasteiger partial charge in [-0.1, -0.05) is 20.8 Å². The van der Waals surface area contributed by atoms with Crippen LogP contribution in [0.1, 0.15) is 45.3 Å². The zero-order valence-corrected chi connectivity index (χ0v) is 11.5. The van der Waals surface area contributed by atoms with Crippen molar-refractivity contribution in [1.29, 1.82) is 0 Å². The average Bonchev–Trinajstić information content (AvgIpc) is 2.78. The standard InChI is InChI=1S/C13H23N3O2/c1-4-12(5-2)16-8-7-11(14-16)9-15(6-3)10-13(17)18/h7-8,12H,4-6,9-10H2,1-3H3,(H,17,18). The Hall–Kier alpha value is -1.36.